The molecule has 0 saturated carbocycles. The molecule has 0 aliphatic heterocycles. The maximum atomic E-state index is 10.6. The molecule has 17 heavy (non-hydrogen) atoms. The van der Waals surface area contributed by atoms with Gasteiger partial charge in [-0.2, -0.15) is 13.2 Å². The fourth-order valence-electron chi connectivity index (χ4n) is 0. The summed E-state index contributed by atoms with van der Waals surface area (Å²) in [6, 6.07) is 0. The zero-order valence-electron chi connectivity index (χ0n) is 7.62. The molecule has 0 heterocycles. The van der Waals surface area contributed by atoms with Crippen LogP contribution in [0.1, 0.15) is 0 Å². The lowest BCUT2D eigenvalue weighted by Gasteiger charge is -1.93. The lowest BCUT2D eigenvalue weighted by molar-refractivity contribution is -0.192. The first-order valence-corrected chi connectivity index (χ1v) is 3.12. The van der Waals surface area contributed by atoms with Crippen molar-refractivity contribution in [3.63, 3.8) is 0 Å². The van der Waals surface area contributed by atoms with E-state index >= 15 is 0 Å². The molecule has 0 aliphatic carbocycles. The molecular weight excluding hydrogens is 260 g/mol. The van der Waals surface area contributed by atoms with Crippen molar-refractivity contribution in [2.75, 3.05) is 0 Å². The van der Waals surface area contributed by atoms with Crippen LogP contribution in [0, 0.1) is 0 Å². The Morgan fingerprint density at radius 1 is 0.824 bits per heavy atom. The van der Waals surface area contributed by atoms with Crippen LogP contribution in [0.25, 0.3) is 0 Å². The predicted molar refractivity (Wildman–Crippen MR) is 41.4 cm³/mol. The number of aliphatic carboxylic acids is 3. The van der Waals surface area contributed by atoms with Gasteiger partial charge in [0, 0.05) is 0 Å². The number of hydrogen-bond acceptors (Lipinski definition) is 6. The summed E-state index contributed by atoms with van der Waals surface area (Å²) >= 11 is 0. The van der Waals surface area contributed by atoms with Gasteiger partial charge in [-0.05, 0) is 0 Å². The number of carbonyl (C=O) groups is 3. The fraction of sp³-hybridized carbons (Fsp3) is 0.250. The van der Waals surface area contributed by atoms with Gasteiger partial charge in [0.05, 0.1) is 0 Å². The van der Waals surface area contributed by atoms with E-state index in [2.05, 4.69) is 0 Å². The average molecular weight is 266 g/mol. The Hall–Kier alpha value is -1.86. The number of hydrogen-bond donors (Lipinski definition) is 6. The number of alkyl halides is 3. The molecule has 0 aromatic carbocycles. The summed E-state index contributed by atoms with van der Waals surface area (Å²) in [5.41, 5.74) is 0. The Morgan fingerprint density at radius 3 is 0.941 bits per heavy atom. The molecule has 0 spiro atoms. The van der Waals surface area contributed by atoms with E-state index in [-0.39, 0.29) is 0 Å². The average Bonchev–Trinajstić information content (AvgIpc) is 2.01. The van der Waals surface area contributed by atoms with Crippen LogP contribution in [-0.2, 0) is 14.4 Å². The zero-order chi connectivity index (χ0) is 14.8. The van der Waals surface area contributed by atoms with Gasteiger partial charge < -0.3 is 30.4 Å². The van der Waals surface area contributed by atoms with E-state index in [0.717, 1.165) is 0 Å². The smallest absolute Gasteiger partial charge is 0.475 e. The number of carboxylic acid groups (broad SMARTS) is 3. The third-order valence-electron chi connectivity index (χ3n) is 0.425. The molecule has 0 aliphatic rings. The van der Waals surface area contributed by atoms with Crippen molar-refractivity contribution in [2.45, 2.75) is 6.18 Å². The van der Waals surface area contributed by atoms with Crippen LogP contribution >= 0.6 is 0 Å². The van der Waals surface area contributed by atoms with Gasteiger partial charge in [-0.25, -0.2) is 14.4 Å². The summed E-state index contributed by atoms with van der Waals surface area (Å²) in [5, 5.41) is 43.4. The van der Waals surface area contributed by atoms with Gasteiger partial charge in [0.1, 0.15) is 0 Å². The third kappa shape index (κ3) is 31.4. The summed E-state index contributed by atoms with van der Waals surface area (Å²) in [6.45, 7) is 0. The van der Waals surface area contributed by atoms with Crippen LogP contribution in [0.4, 0.5) is 13.2 Å². The summed E-state index contributed by atoms with van der Waals surface area (Å²) < 4.78 is 31.7. The van der Waals surface area contributed by atoms with Gasteiger partial charge in [-0.15, -0.1) is 0 Å². The zero-order valence-corrected chi connectivity index (χ0v) is 7.62. The minimum Gasteiger partial charge on any atom is -0.475 e. The quantitative estimate of drug-likeness (QED) is 0.209. The van der Waals surface area contributed by atoms with Crippen molar-refractivity contribution in [1.82, 2.24) is 0 Å². The van der Waals surface area contributed by atoms with Crippen LogP contribution in [0.15, 0.2) is 0 Å². The van der Waals surface area contributed by atoms with Crippen molar-refractivity contribution in [3.8, 4) is 0 Å². The van der Waals surface area contributed by atoms with Crippen LogP contribution in [-0.4, -0.2) is 61.8 Å². The highest BCUT2D eigenvalue weighted by molar-refractivity contribution is 6.30. The molecule has 0 unspecified atom stereocenters. The molecule has 0 aromatic heterocycles. The molecule has 0 aromatic rings. The third-order valence-corrected chi connectivity index (χ3v) is 0.425. The van der Waals surface area contributed by atoms with E-state index < -0.39 is 31.4 Å². The molecule has 13 heteroatoms. The fourth-order valence-corrected chi connectivity index (χ4v) is 0. The molecule has 0 fully saturated rings. The molecule has 9 nitrogen and oxygen atoms in total. The van der Waals surface area contributed by atoms with Gasteiger partial charge in [0.15, 0.2) is 0 Å². The van der Waals surface area contributed by atoms with Crippen LogP contribution < -0.4 is 0 Å². The minimum absolute atomic E-state index is 1.82. The maximum Gasteiger partial charge on any atom is 0.631 e. The second-order valence-corrected chi connectivity index (χ2v) is 1.76. The summed E-state index contributed by atoms with van der Waals surface area (Å²) in [7, 11) is -2.17. The van der Waals surface area contributed by atoms with Crippen molar-refractivity contribution >= 4 is 25.2 Å². The van der Waals surface area contributed by atoms with E-state index in [4.69, 9.17) is 44.8 Å². The monoisotopic (exact) mass is 266 g/mol. The van der Waals surface area contributed by atoms with E-state index in [9.17, 15) is 13.2 Å². The Balaban J connectivity index is -0.000000180. The molecule has 100 valence electrons. The standard InChI is InChI=1S/C2HF3O2.C2H2O4.BH3O3/c3-2(4,5)1(6)7;3-1(4)2(5)6;2-1(3)4/h(H,6,7);(H,3,4)(H,5,6);2-4H. The Bertz CT molecular complexity index is 247. The predicted octanol–water partition coefficient (Wildman–Crippen LogP) is -2.26. The van der Waals surface area contributed by atoms with Crippen molar-refractivity contribution in [1.29, 1.82) is 0 Å². The van der Waals surface area contributed by atoms with E-state index in [1.807, 2.05) is 0 Å². The largest absolute Gasteiger partial charge is 0.631 e. The van der Waals surface area contributed by atoms with Crippen LogP contribution in [0.3, 0.4) is 0 Å². The van der Waals surface area contributed by atoms with Gasteiger partial charge in [-0.3, -0.25) is 0 Å². The van der Waals surface area contributed by atoms with Gasteiger partial charge >= 0.3 is 31.4 Å². The highest BCUT2D eigenvalue weighted by Gasteiger charge is 2.38. The number of rotatable bonds is 0. The molecule has 0 rings (SSSR count). The van der Waals surface area contributed by atoms with E-state index in [0.29, 0.717) is 0 Å². The highest BCUT2D eigenvalue weighted by Crippen LogP contribution is 2.13. The molecule has 0 saturated heterocycles. The minimum atomic E-state index is -5.08. The summed E-state index contributed by atoms with van der Waals surface area (Å²) in [6.07, 6.45) is -5.08. The van der Waals surface area contributed by atoms with Crippen molar-refractivity contribution in [2.24, 2.45) is 0 Å². The van der Waals surface area contributed by atoms with Crippen molar-refractivity contribution in [3.05, 3.63) is 0 Å². The Labute approximate surface area is 90.5 Å². The van der Waals surface area contributed by atoms with Crippen LogP contribution in [0.5, 0.6) is 0 Å². The topological polar surface area (TPSA) is 173 Å². The SMILES string of the molecule is O=C(O)C(=O)O.O=C(O)C(F)(F)F.OB(O)O. The first-order valence-electron chi connectivity index (χ1n) is 3.12. The molecule has 0 radical (unpaired) electrons. The summed E-state index contributed by atoms with van der Waals surface area (Å²) in [5.74, 6) is -6.41. The second-order valence-electron chi connectivity index (χ2n) is 1.76. The normalized spacial score (nSPS) is 8.82. The number of halogens is 3. The lowest BCUT2D eigenvalue weighted by atomic mass is 10.3. The molecule has 0 atom stereocenters. The van der Waals surface area contributed by atoms with Crippen LogP contribution in [0.2, 0.25) is 0 Å². The first kappa shape index (κ1) is 20.5. The van der Waals surface area contributed by atoms with Gasteiger partial charge in [0.25, 0.3) is 0 Å². The second kappa shape index (κ2) is 9.38. The molecular formula is C4H6BF3O9. The van der Waals surface area contributed by atoms with E-state index in [1.54, 1.807) is 0 Å². The number of carboxylic acids is 3. The Kier molecular flexibility index (Phi) is 11.3. The maximum absolute atomic E-state index is 10.6. The summed E-state index contributed by atoms with van der Waals surface area (Å²) in [4.78, 5) is 27.1. The molecule has 0 amide bonds. The lowest BCUT2D eigenvalue weighted by Crippen LogP contribution is -2.21. The molecule has 0 bridgehead atoms. The first-order chi connectivity index (χ1) is 7.32. The Morgan fingerprint density at radius 2 is 0.941 bits per heavy atom. The van der Waals surface area contributed by atoms with Gasteiger partial charge in [0.2, 0.25) is 0 Å². The van der Waals surface area contributed by atoms with Crippen molar-refractivity contribution < 1.29 is 57.9 Å². The van der Waals surface area contributed by atoms with Gasteiger partial charge in [-0.1, -0.05) is 0 Å². The highest BCUT2D eigenvalue weighted by atomic mass is 19.4. The van der Waals surface area contributed by atoms with E-state index in [1.165, 1.54) is 0 Å². The molecule has 6 N–H and O–H groups in total.